The molecule has 1 aromatic heterocycles. The predicted octanol–water partition coefficient (Wildman–Crippen LogP) is 3.62. The van der Waals surface area contributed by atoms with Crippen molar-refractivity contribution < 1.29 is 4.79 Å². The van der Waals surface area contributed by atoms with Crippen LogP contribution in [-0.2, 0) is 6.42 Å². The summed E-state index contributed by atoms with van der Waals surface area (Å²) in [6.45, 7) is 2.11. The molecule has 1 N–H and O–H groups in total. The highest BCUT2D eigenvalue weighted by molar-refractivity contribution is 9.10. The molecule has 0 atom stereocenters. The van der Waals surface area contributed by atoms with Crippen LogP contribution in [0.2, 0.25) is 0 Å². The van der Waals surface area contributed by atoms with Crippen molar-refractivity contribution in [3.8, 4) is 0 Å². The number of hydrogen-bond acceptors (Lipinski definition) is 1. The van der Waals surface area contributed by atoms with Crippen LogP contribution in [0.4, 0.5) is 5.69 Å². The number of aromatic nitrogens is 1. The summed E-state index contributed by atoms with van der Waals surface area (Å²) >= 11 is 3.32. The summed E-state index contributed by atoms with van der Waals surface area (Å²) in [7, 11) is 1.78. The highest BCUT2D eigenvalue weighted by Gasteiger charge is 2.14. The van der Waals surface area contributed by atoms with Crippen molar-refractivity contribution in [2.45, 2.75) is 13.3 Å². The number of carbonyl (C=O) groups is 1. The maximum Gasteiger partial charge on any atom is 0.274 e. The second-order valence-electron chi connectivity index (χ2n) is 4.12. The van der Waals surface area contributed by atoms with Crippen LogP contribution in [0.15, 0.2) is 41.0 Å². The molecule has 1 amide bonds. The molecule has 1 aromatic carbocycles. The van der Waals surface area contributed by atoms with Crippen LogP contribution in [0.5, 0.6) is 0 Å². The third-order valence-electron chi connectivity index (χ3n) is 2.91. The van der Waals surface area contributed by atoms with E-state index < -0.39 is 0 Å². The third-order valence-corrected chi connectivity index (χ3v) is 3.37. The Hall–Kier alpha value is -1.55. The van der Waals surface area contributed by atoms with Crippen LogP contribution in [-0.4, -0.2) is 17.9 Å². The van der Waals surface area contributed by atoms with Gasteiger partial charge in [0.1, 0.15) is 5.69 Å². The number of amides is 1. The van der Waals surface area contributed by atoms with Gasteiger partial charge < -0.3 is 9.88 Å². The standard InChI is InChI=1S/C14H15BrN2O/c1-3-10-4-6-12(7-5-10)17(2)14(18)13-8-11(15)9-16-13/h4-9,16H,3H2,1-2H3. The smallest absolute Gasteiger partial charge is 0.274 e. The van der Waals surface area contributed by atoms with Crippen LogP contribution in [0.1, 0.15) is 23.0 Å². The number of benzene rings is 1. The Morgan fingerprint density at radius 3 is 2.50 bits per heavy atom. The summed E-state index contributed by atoms with van der Waals surface area (Å²) in [4.78, 5) is 16.8. The summed E-state index contributed by atoms with van der Waals surface area (Å²) in [6.07, 6.45) is 2.75. The molecule has 2 rings (SSSR count). The molecule has 0 aliphatic heterocycles. The lowest BCUT2D eigenvalue weighted by atomic mass is 10.1. The Morgan fingerprint density at radius 1 is 1.33 bits per heavy atom. The Bertz CT molecular complexity index is 545. The first-order chi connectivity index (χ1) is 8.61. The van der Waals surface area contributed by atoms with E-state index >= 15 is 0 Å². The number of carbonyl (C=O) groups excluding carboxylic acids is 1. The number of H-pyrrole nitrogens is 1. The van der Waals surface area contributed by atoms with Gasteiger partial charge in [0.2, 0.25) is 0 Å². The van der Waals surface area contributed by atoms with E-state index in [1.165, 1.54) is 5.56 Å². The fourth-order valence-corrected chi connectivity index (χ4v) is 2.09. The van der Waals surface area contributed by atoms with E-state index in [0.29, 0.717) is 5.69 Å². The zero-order valence-corrected chi connectivity index (χ0v) is 12.0. The van der Waals surface area contributed by atoms with Crippen LogP contribution in [0.25, 0.3) is 0 Å². The van der Waals surface area contributed by atoms with E-state index in [2.05, 4.69) is 27.8 Å². The number of aryl methyl sites for hydroxylation is 1. The fourth-order valence-electron chi connectivity index (χ4n) is 1.74. The first kappa shape index (κ1) is 12.9. The van der Waals surface area contributed by atoms with E-state index in [0.717, 1.165) is 16.6 Å². The van der Waals surface area contributed by atoms with Gasteiger partial charge in [0.15, 0.2) is 0 Å². The minimum absolute atomic E-state index is 0.0510. The van der Waals surface area contributed by atoms with Gasteiger partial charge in [-0.25, -0.2) is 0 Å². The largest absolute Gasteiger partial charge is 0.356 e. The van der Waals surface area contributed by atoms with E-state index in [1.807, 2.05) is 24.3 Å². The normalized spacial score (nSPS) is 10.4. The van der Waals surface area contributed by atoms with Crippen LogP contribution in [0.3, 0.4) is 0 Å². The monoisotopic (exact) mass is 306 g/mol. The van der Waals surface area contributed by atoms with Crippen molar-refractivity contribution in [3.63, 3.8) is 0 Å². The molecule has 0 aliphatic carbocycles. The molecule has 2 aromatic rings. The summed E-state index contributed by atoms with van der Waals surface area (Å²) in [6, 6.07) is 9.80. The molecule has 0 bridgehead atoms. The molecular weight excluding hydrogens is 292 g/mol. The lowest BCUT2D eigenvalue weighted by molar-refractivity contribution is 0.0989. The fraction of sp³-hybridized carbons (Fsp3) is 0.214. The second-order valence-corrected chi connectivity index (χ2v) is 5.03. The van der Waals surface area contributed by atoms with Crippen LogP contribution < -0.4 is 4.90 Å². The van der Waals surface area contributed by atoms with Gasteiger partial charge in [-0.05, 0) is 46.1 Å². The molecule has 0 radical (unpaired) electrons. The molecule has 0 fully saturated rings. The van der Waals surface area contributed by atoms with Crippen molar-refractivity contribution in [3.05, 3.63) is 52.3 Å². The van der Waals surface area contributed by atoms with Gasteiger partial charge in [0.05, 0.1) is 0 Å². The van der Waals surface area contributed by atoms with Gasteiger partial charge in [-0.15, -0.1) is 0 Å². The van der Waals surface area contributed by atoms with Crippen LogP contribution in [0, 0.1) is 0 Å². The molecule has 0 spiro atoms. The highest BCUT2D eigenvalue weighted by atomic mass is 79.9. The Balaban J connectivity index is 2.19. The number of nitrogens with one attached hydrogen (secondary N) is 1. The lowest BCUT2D eigenvalue weighted by Gasteiger charge is -2.16. The predicted molar refractivity (Wildman–Crippen MR) is 77.0 cm³/mol. The summed E-state index contributed by atoms with van der Waals surface area (Å²) in [5.74, 6) is -0.0510. The van der Waals surface area contributed by atoms with E-state index in [1.54, 1.807) is 24.2 Å². The number of nitrogens with zero attached hydrogens (tertiary/aromatic N) is 1. The molecule has 0 saturated carbocycles. The average Bonchev–Trinajstić information content (AvgIpc) is 2.84. The van der Waals surface area contributed by atoms with Gasteiger partial charge in [-0.3, -0.25) is 4.79 Å². The molecule has 94 valence electrons. The summed E-state index contributed by atoms with van der Waals surface area (Å²) < 4.78 is 0.876. The minimum Gasteiger partial charge on any atom is -0.356 e. The lowest BCUT2D eigenvalue weighted by Crippen LogP contribution is -2.26. The Labute approximate surface area is 115 Å². The van der Waals surface area contributed by atoms with Crippen molar-refractivity contribution >= 4 is 27.5 Å². The van der Waals surface area contributed by atoms with Crippen LogP contribution >= 0.6 is 15.9 Å². The van der Waals surface area contributed by atoms with Gasteiger partial charge in [0.25, 0.3) is 5.91 Å². The Morgan fingerprint density at radius 2 is 2.00 bits per heavy atom. The van der Waals surface area contributed by atoms with E-state index in [-0.39, 0.29) is 5.91 Å². The van der Waals surface area contributed by atoms with E-state index in [9.17, 15) is 4.79 Å². The molecular formula is C14H15BrN2O. The minimum atomic E-state index is -0.0510. The average molecular weight is 307 g/mol. The van der Waals surface area contributed by atoms with E-state index in [4.69, 9.17) is 0 Å². The zero-order valence-electron chi connectivity index (χ0n) is 10.4. The summed E-state index contributed by atoms with van der Waals surface area (Å²) in [5.41, 5.74) is 2.73. The number of anilines is 1. The molecule has 0 unspecified atom stereocenters. The first-order valence-electron chi connectivity index (χ1n) is 5.82. The summed E-state index contributed by atoms with van der Waals surface area (Å²) in [5, 5.41) is 0. The number of aromatic amines is 1. The Kier molecular flexibility index (Phi) is 3.87. The highest BCUT2D eigenvalue weighted by Crippen LogP contribution is 2.18. The number of hydrogen-bond donors (Lipinski definition) is 1. The maximum absolute atomic E-state index is 12.2. The number of rotatable bonds is 3. The maximum atomic E-state index is 12.2. The first-order valence-corrected chi connectivity index (χ1v) is 6.62. The third kappa shape index (κ3) is 2.64. The molecule has 1 heterocycles. The topological polar surface area (TPSA) is 36.1 Å². The molecule has 0 saturated heterocycles. The molecule has 4 heteroatoms. The quantitative estimate of drug-likeness (QED) is 0.924. The zero-order chi connectivity index (χ0) is 13.1. The molecule has 0 aliphatic rings. The van der Waals surface area contributed by atoms with Crippen molar-refractivity contribution in [1.82, 2.24) is 4.98 Å². The second kappa shape index (κ2) is 5.40. The van der Waals surface area contributed by atoms with Crippen molar-refractivity contribution in [2.24, 2.45) is 0 Å². The molecule has 3 nitrogen and oxygen atoms in total. The van der Waals surface area contributed by atoms with Gasteiger partial charge in [-0.1, -0.05) is 19.1 Å². The number of halogens is 1. The van der Waals surface area contributed by atoms with Crippen molar-refractivity contribution in [2.75, 3.05) is 11.9 Å². The van der Waals surface area contributed by atoms with Gasteiger partial charge >= 0.3 is 0 Å². The molecule has 18 heavy (non-hydrogen) atoms. The van der Waals surface area contributed by atoms with Gasteiger partial charge in [-0.2, -0.15) is 0 Å². The van der Waals surface area contributed by atoms with Gasteiger partial charge in [0, 0.05) is 23.4 Å². The SMILES string of the molecule is CCc1ccc(N(C)C(=O)c2cc(Br)c[nH]2)cc1. The van der Waals surface area contributed by atoms with Crippen molar-refractivity contribution in [1.29, 1.82) is 0 Å².